The molecule has 3 heterocycles. The predicted octanol–water partition coefficient (Wildman–Crippen LogP) is 4.22. The minimum atomic E-state index is -0.884. The van der Waals surface area contributed by atoms with Crippen molar-refractivity contribution in [3.8, 4) is 17.2 Å². The standard InChI is InChI=1S/C26H22N2O6/c1-15(2)34-19-8-5-16(6-9-19)24(29)22-23(17-7-10-20-21(12-17)33-14-32-20)28(26(31)25(22)30)18-4-3-11-27-13-18/h3-13,15,23,29H,14H2,1-2H3/t23-/m1/s1. The van der Waals surface area contributed by atoms with Gasteiger partial charge in [0.1, 0.15) is 11.5 Å². The van der Waals surface area contributed by atoms with Gasteiger partial charge in [0.05, 0.1) is 29.6 Å². The van der Waals surface area contributed by atoms with Gasteiger partial charge in [0.2, 0.25) is 6.79 Å². The first-order valence-corrected chi connectivity index (χ1v) is 10.8. The molecule has 1 N–H and O–H groups in total. The number of ether oxygens (including phenoxy) is 3. The number of benzene rings is 2. The fourth-order valence-corrected chi connectivity index (χ4v) is 4.11. The number of hydrogen-bond acceptors (Lipinski definition) is 7. The zero-order chi connectivity index (χ0) is 23.8. The molecule has 2 aliphatic rings. The average molecular weight is 458 g/mol. The molecule has 1 saturated heterocycles. The van der Waals surface area contributed by atoms with Crippen LogP contribution in [-0.2, 0) is 9.59 Å². The third-order valence-corrected chi connectivity index (χ3v) is 5.58. The molecular formula is C26H22N2O6. The number of amides is 1. The highest BCUT2D eigenvalue weighted by Crippen LogP contribution is 2.44. The second-order valence-electron chi connectivity index (χ2n) is 8.18. The van der Waals surface area contributed by atoms with Crippen LogP contribution in [0.5, 0.6) is 17.2 Å². The lowest BCUT2D eigenvalue weighted by molar-refractivity contribution is -0.132. The van der Waals surface area contributed by atoms with Gasteiger partial charge in [-0.3, -0.25) is 19.5 Å². The molecule has 0 aliphatic carbocycles. The molecule has 8 nitrogen and oxygen atoms in total. The van der Waals surface area contributed by atoms with Crippen LogP contribution < -0.4 is 19.1 Å². The second kappa shape index (κ2) is 8.55. The number of ketones is 1. The van der Waals surface area contributed by atoms with E-state index in [-0.39, 0.29) is 24.2 Å². The second-order valence-corrected chi connectivity index (χ2v) is 8.18. The van der Waals surface area contributed by atoms with E-state index in [0.717, 1.165) is 0 Å². The maximum atomic E-state index is 13.2. The summed E-state index contributed by atoms with van der Waals surface area (Å²) < 4.78 is 16.6. The molecule has 2 aromatic carbocycles. The Morgan fingerprint density at radius 1 is 1.09 bits per heavy atom. The van der Waals surface area contributed by atoms with Crippen LogP contribution >= 0.6 is 0 Å². The smallest absolute Gasteiger partial charge is 0.300 e. The number of carbonyl (C=O) groups excluding carboxylic acids is 2. The Morgan fingerprint density at radius 2 is 1.85 bits per heavy atom. The van der Waals surface area contributed by atoms with Crippen molar-refractivity contribution >= 4 is 23.1 Å². The van der Waals surface area contributed by atoms with Crippen molar-refractivity contribution in [1.29, 1.82) is 0 Å². The van der Waals surface area contributed by atoms with Gasteiger partial charge in [-0.25, -0.2) is 0 Å². The van der Waals surface area contributed by atoms with Crippen LogP contribution in [0.15, 0.2) is 72.6 Å². The summed E-state index contributed by atoms with van der Waals surface area (Å²) in [5.41, 5.74) is 1.40. The SMILES string of the molecule is CC(C)Oc1ccc(C(O)=C2C(=O)C(=O)N(c3cccnc3)[C@@H]2c2ccc3c(c2)OCO3)cc1. The Morgan fingerprint density at radius 3 is 2.56 bits per heavy atom. The van der Waals surface area contributed by atoms with Gasteiger partial charge in [-0.2, -0.15) is 0 Å². The number of pyridine rings is 1. The summed E-state index contributed by atoms with van der Waals surface area (Å²) in [6.07, 6.45) is 3.08. The van der Waals surface area contributed by atoms with Crippen LogP contribution in [0, 0.1) is 0 Å². The number of anilines is 1. The quantitative estimate of drug-likeness (QED) is 0.347. The van der Waals surface area contributed by atoms with Gasteiger partial charge in [0.25, 0.3) is 11.7 Å². The number of aromatic nitrogens is 1. The van der Waals surface area contributed by atoms with Crippen LogP contribution in [0.3, 0.4) is 0 Å². The van der Waals surface area contributed by atoms with Crippen molar-refractivity contribution in [3.63, 3.8) is 0 Å². The first kappa shape index (κ1) is 21.5. The number of rotatable bonds is 5. The molecule has 1 aromatic heterocycles. The Bertz CT molecular complexity index is 1280. The number of Topliss-reactive ketones (excluding diaryl/α,β-unsaturated/α-hetero) is 1. The first-order chi connectivity index (χ1) is 16.4. The molecule has 0 saturated carbocycles. The van der Waals surface area contributed by atoms with E-state index < -0.39 is 17.7 Å². The van der Waals surface area contributed by atoms with Gasteiger partial charge in [0, 0.05) is 11.8 Å². The number of aliphatic hydroxyl groups excluding tert-OH is 1. The van der Waals surface area contributed by atoms with Crippen molar-refractivity contribution in [2.24, 2.45) is 0 Å². The molecule has 34 heavy (non-hydrogen) atoms. The molecule has 0 spiro atoms. The molecule has 0 radical (unpaired) electrons. The molecule has 172 valence electrons. The van der Waals surface area contributed by atoms with Crippen molar-refractivity contribution in [2.45, 2.75) is 26.0 Å². The molecule has 0 unspecified atom stereocenters. The van der Waals surface area contributed by atoms with Gasteiger partial charge in [-0.05, 0) is 67.9 Å². The number of hydrogen-bond donors (Lipinski definition) is 1. The van der Waals surface area contributed by atoms with Crippen LogP contribution in [0.25, 0.3) is 5.76 Å². The van der Waals surface area contributed by atoms with Crippen molar-refractivity contribution in [1.82, 2.24) is 4.98 Å². The fraction of sp³-hybridized carbons (Fsp3) is 0.192. The molecule has 1 atom stereocenters. The fourth-order valence-electron chi connectivity index (χ4n) is 4.11. The predicted molar refractivity (Wildman–Crippen MR) is 124 cm³/mol. The van der Waals surface area contributed by atoms with Gasteiger partial charge < -0.3 is 19.3 Å². The zero-order valence-electron chi connectivity index (χ0n) is 18.6. The Balaban J connectivity index is 1.65. The maximum Gasteiger partial charge on any atom is 0.300 e. The van der Waals surface area contributed by atoms with Gasteiger partial charge in [0.15, 0.2) is 11.5 Å². The summed E-state index contributed by atoms with van der Waals surface area (Å²) in [6.45, 7) is 3.92. The zero-order valence-corrected chi connectivity index (χ0v) is 18.6. The highest BCUT2D eigenvalue weighted by molar-refractivity contribution is 6.51. The summed E-state index contributed by atoms with van der Waals surface area (Å²) in [4.78, 5) is 31.8. The summed E-state index contributed by atoms with van der Waals surface area (Å²) in [7, 11) is 0. The van der Waals surface area contributed by atoms with Gasteiger partial charge in [-0.15, -0.1) is 0 Å². The molecular weight excluding hydrogens is 436 g/mol. The Labute approximate surface area is 196 Å². The van der Waals surface area contributed by atoms with Crippen LogP contribution in [0.2, 0.25) is 0 Å². The first-order valence-electron chi connectivity index (χ1n) is 10.8. The minimum absolute atomic E-state index is 0.00439. The Hall–Kier alpha value is -4.33. The van der Waals surface area contributed by atoms with Crippen molar-refractivity contribution in [2.75, 3.05) is 11.7 Å². The van der Waals surface area contributed by atoms with E-state index in [4.69, 9.17) is 14.2 Å². The van der Waals surface area contributed by atoms with Gasteiger partial charge in [-0.1, -0.05) is 6.07 Å². The number of carbonyl (C=O) groups is 2. The lowest BCUT2D eigenvalue weighted by Gasteiger charge is -2.25. The van der Waals surface area contributed by atoms with E-state index >= 15 is 0 Å². The normalized spacial score (nSPS) is 18.6. The van der Waals surface area contributed by atoms with Crippen molar-refractivity contribution in [3.05, 3.63) is 83.7 Å². The van der Waals surface area contributed by atoms with Crippen LogP contribution in [0.1, 0.15) is 31.0 Å². The summed E-state index contributed by atoms with van der Waals surface area (Å²) >= 11 is 0. The Kier molecular flexibility index (Phi) is 5.41. The number of aliphatic hydroxyl groups is 1. The topological polar surface area (TPSA) is 98.2 Å². The lowest BCUT2D eigenvalue weighted by Crippen LogP contribution is -2.29. The molecule has 1 amide bonds. The van der Waals surface area contributed by atoms with Crippen LogP contribution in [0.4, 0.5) is 5.69 Å². The van der Waals surface area contributed by atoms with E-state index in [1.54, 1.807) is 60.8 Å². The largest absolute Gasteiger partial charge is 0.507 e. The maximum absolute atomic E-state index is 13.2. The molecule has 2 aliphatic heterocycles. The lowest BCUT2D eigenvalue weighted by atomic mass is 9.95. The van der Waals surface area contributed by atoms with Crippen molar-refractivity contribution < 1.29 is 28.9 Å². The molecule has 8 heteroatoms. The van der Waals surface area contributed by atoms with E-state index in [1.807, 2.05) is 13.8 Å². The van der Waals surface area contributed by atoms with Gasteiger partial charge >= 0.3 is 0 Å². The highest BCUT2D eigenvalue weighted by Gasteiger charge is 2.47. The van der Waals surface area contributed by atoms with E-state index in [1.165, 1.54) is 11.1 Å². The molecule has 0 bridgehead atoms. The van der Waals surface area contributed by atoms with Crippen LogP contribution in [-0.4, -0.2) is 34.7 Å². The summed E-state index contributed by atoms with van der Waals surface area (Å²) in [5, 5.41) is 11.2. The van der Waals surface area contributed by atoms with E-state index in [2.05, 4.69) is 4.98 Å². The third-order valence-electron chi connectivity index (χ3n) is 5.58. The summed E-state index contributed by atoms with van der Waals surface area (Å²) in [5.74, 6) is -0.103. The summed E-state index contributed by atoms with van der Waals surface area (Å²) in [6, 6.07) is 14.4. The molecule has 3 aromatic rings. The van der Waals surface area contributed by atoms with E-state index in [0.29, 0.717) is 34.1 Å². The number of nitrogens with zero attached hydrogens (tertiary/aromatic N) is 2. The molecule has 1 fully saturated rings. The average Bonchev–Trinajstić information content (AvgIpc) is 3.41. The number of fused-ring (bicyclic) bond motifs is 1. The molecule has 5 rings (SSSR count). The third kappa shape index (κ3) is 3.73. The highest BCUT2D eigenvalue weighted by atomic mass is 16.7. The van der Waals surface area contributed by atoms with E-state index in [9.17, 15) is 14.7 Å². The monoisotopic (exact) mass is 458 g/mol. The minimum Gasteiger partial charge on any atom is -0.507 e.